The first kappa shape index (κ1) is 19.0. The highest BCUT2D eigenvalue weighted by Gasteiger charge is 2.43. The molecule has 0 heterocycles. The molecular weight excluding hydrogens is 388 g/mol. The average molecular weight is 407 g/mol. The number of carbonyl (C=O) groups excluding carboxylic acids is 2. The summed E-state index contributed by atoms with van der Waals surface area (Å²) in [6, 6.07) is 7.51. The van der Waals surface area contributed by atoms with Gasteiger partial charge in [-0.2, -0.15) is 5.26 Å². The van der Waals surface area contributed by atoms with Gasteiger partial charge in [-0.05, 0) is 50.0 Å². The molecule has 1 saturated carbocycles. The van der Waals surface area contributed by atoms with E-state index < -0.39 is 24.0 Å². The van der Waals surface area contributed by atoms with Crippen LogP contribution in [0.3, 0.4) is 0 Å². The molecule has 1 atom stereocenters. The maximum absolute atomic E-state index is 11.9. The molecule has 0 spiro atoms. The molecule has 0 radical (unpaired) electrons. The molecule has 1 aromatic carbocycles. The lowest BCUT2D eigenvalue weighted by Gasteiger charge is -2.22. The number of methoxy groups -OCH3 is 1. The van der Waals surface area contributed by atoms with Gasteiger partial charge in [-0.1, -0.05) is 15.9 Å². The van der Waals surface area contributed by atoms with Gasteiger partial charge in [0.25, 0.3) is 5.91 Å². The fourth-order valence-corrected chi connectivity index (χ4v) is 2.76. The number of halogens is 1. The smallest absolute Gasteiger partial charge is 0.331 e. The van der Waals surface area contributed by atoms with Gasteiger partial charge in [0.1, 0.15) is 11.3 Å². The second-order valence-corrected chi connectivity index (χ2v) is 6.88. The number of hydrogen-bond donors (Lipinski definition) is 1. The van der Waals surface area contributed by atoms with E-state index in [1.54, 1.807) is 25.1 Å². The zero-order valence-electron chi connectivity index (χ0n) is 14.0. The van der Waals surface area contributed by atoms with Crippen LogP contribution in [0.15, 0.2) is 28.7 Å². The first-order valence-corrected chi connectivity index (χ1v) is 8.58. The summed E-state index contributed by atoms with van der Waals surface area (Å²) < 4.78 is 11.0. The van der Waals surface area contributed by atoms with Crippen LogP contribution in [0.4, 0.5) is 0 Å². The predicted octanol–water partition coefficient (Wildman–Crippen LogP) is 2.82. The molecule has 0 aromatic heterocycles. The minimum Gasteiger partial charge on any atom is -0.496 e. The first-order chi connectivity index (χ1) is 11.9. The number of amides is 1. The molecular formula is C18H19BrN2O4. The monoisotopic (exact) mass is 406 g/mol. The van der Waals surface area contributed by atoms with Gasteiger partial charge in [-0.25, -0.2) is 4.79 Å². The van der Waals surface area contributed by atoms with Crippen molar-refractivity contribution in [1.82, 2.24) is 5.32 Å². The molecule has 0 bridgehead atoms. The van der Waals surface area contributed by atoms with E-state index in [0.717, 1.165) is 17.3 Å². The highest BCUT2D eigenvalue weighted by molar-refractivity contribution is 9.10. The van der Waals surface area contributed by atoms with Crippen LogP contribution in [0.1, 0.15) is 25.3 Å². The van der Waals surface area contributed by atoms with E-state index in [0.29, 0.717) is 11.3 Å². The number of ether oxygens (including phenoxy) is 2. The second-order valence-electron chi connectivity index (χ2n) is 5.96. The average Bonchev–Trinajstić information content (AvgIpc) is 3.43. The van der Waals surface area contributed by atoms with Crippen LogP contribution in [0.25, 0.3) is 6.08 Å². The Morgan fingerprint density at radius 2 is 2.20 bits per heavy atom. The summed E-state index contributed by atoms with van der Waals surface area (Å²) in [5.74, 6) is -0.361. The normalized spacial score (nSPS) is 15.9. The summed E-state index contributed by atoms with van der Waals surface area (Å²) in [4.78, 5) is 23.7. The molecule has 1 fully saturated rings. The van der Waals surface area contributed by atoms with Gasteiger partial charge in [0.05, 0.1) is 13.2 Å². The minimum absolute atomic E-state index is 0.168. The van der Waals surface area contributed by atoms with E-state index >= 15 is 0 Å². The van der Waals surface area contributed by atoms with Crippen LogP contribution in [-0.2, 0) is 14.3 Å². The Bertz CT molecular complexity index is 737. The molecule has 2 rings (SSSR count). The number of carbonyl (C=O) groups is 2. The van der Waals surface area contributed by atoms with Crippen LogP contribution in [0, 0.1) is 17.2 Å². The lowest BCUT2D eigenvalue weighted by atomic mass is 9.98. The molecule has 7 heteroatoms. The Kier molecular flexibility index (Phi) is 6.21. The number of nitrogens with one attached hydrogen (secondary N) is 1. The Morgan fingerprint density at radius 3 is 2.80 bits per heavy atom. The van der Waals surface area contributed by atoms with Gasteiger partial charge in [0.2, 0.25) is 0 Å². The third-order valence-electron chi connectivity index (χ3n) is 3.96. The zero-order valence-corrected chi connectivity index (χ0v) is 15.6. The van der Waals surface area contributed by atoms with Crippen LogP contribution in [0.2, 0.25) is 0 Å². The number of nitriles is 1. The maximum Gasteiger partial charge on any atom is 0.331 e. The Labute approximate surface area is 154 Å². The molecule has 1 aliphatic rings. The fourth-order valence-electron chi connectivity index (χ4n) is 2.39. The van der Waals surface area contributed by atoms with Gasteiger partial charge in [0, 0.05) is 16.1 Å². The van der Waals surface area contributed by atoms with Crippen molar-refractivity contribution >= 4 is 33.9 Å². The first-order valence-electron chi connectivity index (χ1n) is 7.78. The van der Waals surface area contributed by atoms with E-state index in [4.69, 9.17) is 9.47 Å². The number of hydrogen-bond acceptors (Lipinski definition) is 5. The minimum atomic E-state index is -0.900. The Balaban J connectivity index is 1.87. The van der Waals surface area contributed by atoms with E-state index in [1.165, 1.54) is 13.2 Å². The maximum atomic E-state index is 11.9. The van der Waals surface area contributed by atoms with Crippen LogP contribution in [-0.4, -0.2) is 31.1 Å². The summed E-state index contributed by atoms with van der Waals surface area (Å²) in [6.45, 7) is 1.26. The van der Waals surface area contributed by atoms with Gasteiger partial charge in [-0.15, -0.1) is 0 Å². The molecule has 1 aromatic rings. The number of rotatable bonds is 7. The molecule has 132 valence electrons. The summed E-state index contributed by atoms with van der Waals surface area (Å²) in [6.07, 6.45) is 4.61. The van der Waals surface area contributed by atoms with Crippen molar-refractivity contribution in [3.8, 4) is 11.8 Å². The van der Waals surface area contributed by atoms with Crippen molar-refractivity contribution in [3.05, 3.63) is 34.3 Å². The van der Waals surface area contributed by atoms with Crippen LogP contribution < -0.4 is 10.1 Å². The zero-order chi connectivity index (χ0) is 18.4. The molecule has 6 nitrogen and oxygen atoms in total. The van der Waals surface area contributed by atoms with Gasteiger partial charge >= 0.3 is 5.97 Å². The fraction of sp³-hybridized carbons (Fsp3) is 0.389. The molecule has 25 heavy (non-hydrogen) atoms. The largest absolute Gasteiger partial charge is 0.496 e. The number of nitrogens with zero attached hydrogens (tertiary/aromatic N) is 1. The SMILES string of the molecule is COc1ccc(Br)cc1/C=C/C(=O)OCC(=O)N[C@](C)(C#N)C1CC1. The number of benzene rings is 1. The Morgan fingerprint density at radius 1 is 1.48 bits per heavy atom. The topological polar surface area (TPSA) is 88.4 Å². The van der Waals surface area contributed by atoms with Crippen LogP contribution in [0.5, 0.6) is 5.75 Å². The molecule has 1 amide bonds. The van der Waals surface area contributed by atoms with Crippen molar-refractivity contribution in [2.24, 2.45) is 5.92 Å². The summed E-state index contributed by atoms with van der Waals surface area (Å²) in [7, 11) is 1.54. The van der Waals surface area contributed by atoms with Crippen molar-refractivity contribution in [2.45, 2.75) is 25.3 Å². The van der Waals surface area contributed by atoms with Crippen molar-refractivity contribution in [2.75, 3.05) is 13.7 Å². The van der Waals surface area contributed by atoms with E-state index in [-0.39, 0.29) is 5.92 Å². The molecule has 1 N–H and O–H groups in total. The van der Waals surface area contributed by atoms with Crippen molar-refractivity contribution in [1.29, 1.82) is 5.26 Å². The van der Waals surface area contributed by atoms with E-state index in [2.05, 4.69) is 27.3 Å². The summed E-state index contributed by atoms with van der Waals surface area (Å²) >= 11 is 3.35. The lowest BCUT2D eigenvalue weighted by Crippen LogP contribution is -2.48. The lowest BCUT2D eigenvalue weighted by molar-refractivity contribution is -0.144. The highest BCUT2D eigenvalue weighted by Crippen LogP contribution is 2.39. The third-order valence-corrected chi connectivity index (χ3v) is 4.45. The summed E-state index contributed by atoms with van der Waals surface area (Å²) in [5, 5.41) is 11.8. The van der Waals surface area contributed by atoms with Gasteiger partial charge < -0.3 is 14.8 Å². The second kappa shape index (κ2) is 8.17. The third kappa shape index (κ3) is 5.33. The van der Waals surface area contributed by atoms with E-state index in [9.17, 15) is 14.9 Å². The van der Waals surface area contributed by atoms with Gasteiger partial charge in [0.15, 0.2) is 6.61 Å². The predicted molar refractivity (Wildman–Crippen MR) is 95.6 cm³/mol. The Hall–Kier alpha value is -2.33. The van der Waals surface area contributed by atoms with Gasteiger partial charge in [-0.3, -0.25) is 4.79 Å². The summed E-state index contributed by atoms with van der Waals surface area (Å²) in [5.41, 5.74) is -0.202. The van der Waals surface area contributed by atoms with Crippen molar-refractivity contribution < 1.29 is 19.1 Å². The molecule has 1 aliphatic carbocycles. The number of esters is 1. The van der Waals surface area contributed by atoms with E-state index in [1.807, 2.05) is 6.07 Å². The molecule has 0 aliphatic heterocycles. The molecule has 0 unspecified atom stereocenters. The highest BCUT2D eigenvalue weighted by atomic mass is 79.9. The molecule has 0 saturated heterocycles. The van der Waals surface area contributed by atoms with Crippen molar-refractivity contribution in [3.63, 3.8) is 0 Å². The quantitative estimate of drug-likeness (QED) is 0.555. The standard InChI is InChI=1S/C18H19BrN2O4/c1-18(11-20,13-4-5-13)21-16(22)10-25-17(23)8-3-12-9-14(19)6-7-15(12)24-2/h3,6-9,13H,4-5,10H2,1-2H3,(H,21,22)/b8-3+/t18-/m1/s1. The van der Waals surface area contributed by atoms with Crippen LogP contribution >= 0.6 is 15.9 Å².